The van der Waals surface area contributed by atoms with Crippen molar-refractivity contribution in [1.29, 1.82) is 5.26 Å². The Kier molecular flexibility index (Phi) is 5.02. The summed E-state index contributed by atoms with van der Waals surface area (Å²) in [6, 6.07) is 38.0. The summed E-state index contributed by atoms with van der Waals surface area (Å²) in [5.74, 6) is 0. The lowest BCUT2D eigenvalue weighted by Crippen LogP contribution is -1.90. The van der Waals surface area contributed by atoms with Gasteiger partial charge in [0, 0.05) is 38.1 Å². The average molecular weight is 490 g/mol. The summed E-state index contributed by atoms with van der Waals surface area (Å²) in [4.78, 5) is 9.10. The lowest BCUT2D eigenvalue weighted by Gasteiger charge is -2.10. The van der Waals surface area contributed by atoms with E-state index in [2.05, 4.69) is 96.0 Å². The molecule has 0 aliphatic heterocycles. The normalized spacial score (nSPS) is 11.2. The van der Waals surface area contributed by atoms with E-state index in [1.807, 2.05) is 23.6 Å². The Morgan fingerprint density at radius 3 is 2.22 bits per heavy atom. The molecular weight excluding hydrogens is 470 g/mol. The molecule has 172 valence electrons. The number of hydrogen-bond acceptors (Lipinski definition) is 4. The zero-order valence-electron chi connectivity index (χ0n) is 19.7. The zero-order valence-corrected chi connectivity index (χ0v) is 20.5. The van der Waals surface area contributed by atoms with Crippen molar-refractivity contribution in [1.82, 2.24) is 9.97 Å². The van der Waals surface area contributed by atoms with Crippen LogP contribution in [0.15, 0.2) is 116 Å². The molecule has 0 saturated heterocycles. The maximum absolute atomic E-state index is 9.22. The monoisotopic (exact) mass is 489 g/mol. The van der Waals surface area contributed by atoms with Gasteiger partial charge in [-0.2, -0.15) is 5.26 Å². The Morgan fingerprint density at radius 2 is 1.41 bits per heavy atom. The van der Waals surface area contributed by atoms with Crippen molar-refractivity contribution in [2.45, 2.75) is 0 Å². The minimum absolute atomic E-state index is 0.576. The van der Waals surface area contributed by atoms with Crippen LogP contribution in [0.1, 0.15) is 5.56 Å². The smallest absolute Gasteiger partial charge is 0.0992 e. The number of fused-ring (bicyclic) bond motifs is 5. The van der Waals surface area contributed by atoms with Crippen molar-refractivity contribution in [2.75, 3.05) is 0 Å². The van der Waals surface area contributed by atoms with Crippen LogP contribution in [0.4, 0.5) is 0 Å². The molecule has 3 aromatic heterocycles. The first-order valence-electron chi connectivity index (χ1n) is 12.0. The van der Waals surface area contributed by atoms with Crippen LogP contribution in [0.2, 0.25) is 0 Å². The minimum atomic E-state index is 0.576. The topological polar surface area (TPSA) is 49.6 Å². The second-order valence-electron chi connectivity index (χ2n) is 9.00. The number of thiophene rings is 1. The molecule has 0 saturated carbocycles. The van der Waals surface area contributed by atoms with Crippen LogP contribution < -0.4 is 0 Å². The Morgan fingerprint density at radius 1 is 0.595 bits per heavy atom. The number of pyridine rings is 2. The molecule has 4 aromatic carbocycles. The molecule has 0 aliphatic carbocycles. The van der Waals surface area contributed by atoms with Gasteiger partial charge in [0.25, 0.3) is 0 Å². The first-order chi connectivity index (χ1) is 18.3. The molecule has 0 spiro atoms. The van der Waals surface area contributed by atoms with Crippen LogP contribution >= 0.6 is 11.3 Å². The SMILES string of the molecule is N#Cc1ccnc(-c2ccc(-c3cc4sc5cc(-c6ccccc6)ccc5c4c4ccccc34)cn2)c1. The Hall–Kier alpha value is -4.85. The number of nitrogens with zero attached hydrogens (tertiary/aromatic N) is 3. The highest BCUT2D eigenvalue weighted by molar-refractivity contribution is 7.26. The van der Waals surface area contributed by atoms with Gasteiger partial charge in [-0.3, -0.25) is 9.97 Å². The number of aromatic nitrogens is 2. The third-order valence-corrected chi connectivity index (χ3v) is 7.91. The molecular formula is C33H19N3S. The summed E-state index contributed by atoms with van der Waals surface area (Å²) in [6.07, 6.45) is 3.56. The third-order valence-electron chi connectivity index (χ3n) is 6.81. The summed E-state index contributed by atoms with van der Waals surface area (Å²) in [6.45, 7) is 0. The molecule has 0 amide bonds. The quantitative estimate of drug-likeness (QED) is 0.249. The van der Waals surface area contributed by atoms with Crippen LogP contribution in [0, 0.1) is 11.3 Å². The van der Waals surface area contributed by atoms with Crippen LogP contribution in [0.3, 0.4) is 0 Å². The number of benzene rings is 4. The molecule has 7 aromatic rings. The summed E-state index contributed by atoms with van der Waals surface area (Å²) in [5, 5.41) is 14.3. The number of nitriles is 1. The van der Waals surface area contributed by atoms with Crippen molar-refractivity contribution in [3.8, 4) is 39.7 Å². The van der Waals surface area contributed by atoms with Crippen molar-refractivity contribution >= 4 is 42.3 Å². The molecule has 0 aliphatic rings. The highest BCUT2D eigenvalue weighted by Crippen LogP contribution is 2.43. The molecule has 0 bridgehead atoms. The fourth-order valence-corrected chi connectivity index (χ4v) is 6.24. The lowest BCUT2D eigenvalue weighted by atomic mass is 9.95. The standard InChI is InChI=1S/C33H19N3S/c34-19-21-14-15-35-30(16-21)29-13-11-24(20-36-29)28-18-32-33(26-9-5-4-8-25(26)28)27-12-10-23(17-31(27)37-32)22-6-2-1-3-7-22/h1-18,20H. The maximum atomic E-state index is 9.22. The van der Waals surface area contributed by atoms with Gasteiger partial charge in [0.15, 0.2) is 0 Å². The summed E-state index contributed by atoms with van der Waals surface area (Å²) in [7, 11) is 0. The Labute approximate surface area is 217 Å². The van der Waals surface area contributed by atoms with Gasteiger partial charge in [-0.25, -0.2) is 0 Å². The highest BCUT2D eigenvalue weighted by Gasteiger charge is 2.15. The second kappa shape index (κ2) is 8.67. The molecule has 7 rings (SSSR count). The van der Waals surface area contributed by atoms with Gasteiger partial charge in [0.1, 0.15) is 0 Å². The van der Waals surface area contributed by atoms with Crippen molar-refractivity contribution in [3.05, 3.63) is 121 Å². The van der Waals surface area contributed by atoms with E-state index >= 15 is 0 Å². The Balaban J connectivity index is 1.39. The van der Waals surface area contributed by atoms with E-state index in [9.17, 15) is 5.26 Å². The fraction of sp³-hybridized carbons (Fsp3) is 0. The van der Waals surface area contributed by atoms with Crippen molar-refractivity contribution < 1.29 is 0 Å². The number of hydrogen-bond donors (Lipinski definition) is 0. The largest absolute Gasteiger partial charge is 0.255 e. The van der Waals surface area contributed by atoms with Crippen LogP contribution in [0.5, 0.6) is 0 Å². The molecule has 37 heavy (non-hydrogen) atoms. The summed E-state index contributed by atoms with van der Waals surface area (Å²) < 4.78 is 2.55. The molecule has 3 heterocycles. The van der Waals surface area contributed by atoms with Gasteiger partial charge in [0.05, 0.1) is 23.0 Å². The molecule has 0 atom stereocenters. The van der Waals surface area contributed by atoms with E-state index in [0.29, 0.717) is 11.3 Å². The highest BCUT2D eigenvalue weighted by atomic mass is 32.1. The van der Waals surface area contributed by atoms with Crippen molar-refractivity contribution in [2.24, 2.45) is 0 Å². The van der Waals surface area contributed by atoms with Gasteiger partial charge in [-0.05, 0) is 57.8 Å². The van der Waals surface area contributed by atoms with Crippen LogP contribution in [-0.4, -0.2) is 9.97 Å². The van der Waals surface area contributed by atoms with Crippen LogP contribution in [0.25, 0.3) is 64.6 Å². The summed E-state index contributed by atoms with van der Waals surface area (Å²) >= 11 is 1.84. The van der Waals surface area contributed by atoms with E-state index in [0.717, 1.165) is 16.8 Å². The summed E-state index contributed by atoms with van der Waals surface area (Å²) in [5.41, 5.74) is 6.71. The fourth-order valence-electron chi connectivity index (χ4n) is 5.03. The van der Waals surface area contributed by atoms with Gasteiger partial charge in [-0.1, -0.05) is 72.8 Å². The van der Waals surface area contributed by atoms with E-state index in [1.54, 1.807) is 18.3 Å². The van der Waals surface area contributed by atoms with Gasteiger partial charge < -0.3 is 0 Å². The third kappa shape index (κ3) is 3.65. The van der Waals surface area contributed by atoms with E-state index in [1.165, 1.54) is 42.1 Å². The predicted octanol–water partition coefficient (Wildman–Crippen LogP) is 8.87. The molecule has 0 fully saturated rings. The van der Waals surface area contributed by atoms with E-state index < -0.39 is 0 Å². The van der Waals surface area contributed by atoms with Crippen LogP contribution in [-0.2, 0) is 0 Å². The average Bonchev–Trinajstić information content (AvgIpc) is 3.35. The molecule has 3 nitrogen and oxygen atoms in total. The van der Waals surface area contributed by atoms with E-state index in [-0.39, 0.29) is 0 Å². The van der Waals surface area contributed by atoms with Gasteiger partial charge >= 0.3 is 0 Å². The first kappa shape index (κ1) is 21.4. The molecule has 4 heteroatoms. The van der Waals surface area contributed by atoms with Gasteiger partial charge in [0.2, 0.25) is 0 Å². The Bertz CT molecular complexity index is 1980. The minimum Gasteiger partial charge on any atom is -0.255 e. The van der Waals surface area contributed by atoms with Gasteiger partial charge in [-0.15, -0.1) is 11.3 Å². The number of rotatable bonds is 3. The molecule has 0 radical (unpaired) electrons. The van der Waals surface area contributed by atoms with Crippen molar-refractivity contribution in [3.63, 3.8) is 0 Å². The predicted molar refractivity (Wildman–Crippen MR) is 153 cm³/mol. The second-order valence-corrected chi connectivity index (χ2v) is 10.1. The first-order valence-corrected chi connectivity index (χ1v) is 12.9. The zero-order chi connectivity index (χ0) is 24.8. The molecule has 0 N–H and O–H groups in total. The molecule has 0 unspecified atom stereocenters. The lowest BCUT2D eigenvalue weighted by molar-refractivity contribution is 1.24. The van der Waals surface area contributed by atoms with E-state index in [4.69, 9.17) is 4.98 Å². The maximum Gasteiger partial charge on any atom is 0.0992 e.